The number of methoxy groups -OCH3 is 1. The summed E-state index contributed by atoms with van der Waals surface area (Å²) in [6.45, 7) is 6.62. The summed E-state index contributed by atoms with van der Waals surface area (Å²) in [5, 5.41) is 16.7. The van der Waals surface area contributed by atoms with Crippen LogP contribution in [0.3, 0.4) is 0 Å². The lowest BCUT2D eigenvalue weighted by Crippen LogP contribution is -2.38. The average Bonchev–Trinajstić information content (AvgIpc) is 2.73. The zero-order valence-corrected chi connectivity index (χ0v) is 16.9. The van der Waals surface area contributed by atoms with Crippen LogP contribution in [0.5, 0.6) is 11.5 Å². The van der Waals surface area contributed by atoms with Gasteiger partial charge in [0.15, 0.2) is 17.5 Å². The Morgan fingerprint density at radius 2 is 1.89 bits per heavy atom. The molecule has 2 rings (SSSR count). The van der Waals surface area contributed by atoms with Crippen molar-refractivity contribution in [2.24, 2.45) is 4.99 Å². The molecule has 1 unspecified atom stereocenters. The highest BCUT2D eigenvalue weighted by Crippen LogP contribution is 2.29. The van der Waals surface area contributed by atoms with Gasteiger partial charge in [0.25, 0.3) is 0 Å². The summed E-state index contributed by atoms with van der Waals surface area (Å²) in [6.07, 6.45) is 0.950. The Hall–Kier alpha value is -2.73. The quantitative estimate of drug-likeness (QED) is 0.331. The van der Waals surface area contributed by atoms with Gasteiger partial charge in [-0.2, -0.15) is 0 Å². The van der Waals surface area contributed by atoms with Crippen LogP contribution in [0.4, 0.5) is 0 Å². The van der Waals surface area contributed by atoms with Crippen molar-refractivity contribution >= 4 is 5.96 Å². The SMILES string of the molecule is CCNC(=NCc1cccc(OC)c1O)NCCCOC(C)c1ccccc1. The number of aliphatic imine (C=N–C) groups is 1. The van der Waals surface area contributed by atoms with Crippen molar-refractivity contribution in [2.45, 2.75) is 32.9 Å². The molecule has 0 aliphatic carbocycles. The smallest absolute Gasteiger partial charge is 0.191 e. The van der Waals surface area contributed by atoms with Gasteiger partial charge in [-0.3, -0.25) is 0 Å². The van der Waals surface area contributed by atoms with Crippen LogP contribution in [-0.2, 0) is 11.3 Å². The van der Waals surface area contributed by atoms with Crippen molar-refractivity contribution in [3.63, 3.8) is 0 Å². The lowest BCUT2D eigenvalue weighted by Gasteiger charge is -2.15. The Morgan fingerprint density at radius 1 is 1.11 bits per heavy atom. The van der Waals surface area contributed by atoms with Crippen molar-refractivity contribution < 1.29 is 14.6 Å². The Morgan fingerprint density at radius 3 is 2.61 bits per heavy atom. The van der Waals surface area contributed by atoms with Crippen LogP contribution in [0.2, 0.25) is 0 Å². The Kier molecular flexibility index (Phi) is 9.15. The van der Waals surface area contributed by atoms with E-state index in [2.05, 4.69) is 34.7 Å². The zero-order valence-electron chi connectivity index (χ0n) is 16.9. The standard InChI is InChI=1S/C22H31N3O3/c1-4-23-22(25-16-19-12-8-13-20(27-3)21(19)26)24-14-9-15-28-17(2)18-10-6-5-7-11-18/h5-8,10-13,17,26H,4,9,14-16H2,1-3H3,(H2,23,24,25). The van der Waals surface area contributed by atoms with E-state index in [1.54, 1.807) is 6.07 Å². The van der Waals surface area contributed by atoms with E-state index in [-0.39, 0.29) is 11.9 Å². The summed E-state index contributed by atoms with van der Waals surface area (Å²) in [5.74, 6) is 1.30. The van der Waals surface area contributed by atoms with E-state index in [1.807, 2.05) is 37.3 Å². The molecule has 6 heteroatoms. The fourth-order valence-electron chi connectivity index (χ4n) is 2.73. The first-order valence-electron chi connectivity index (χ1n) is 9.69. The highest BCUT2D eigenvalue weighted by molar-refractivity contribution is 5.79. The highest BCUT2D eigenvalue weighted by Gasteiger charge is 2.07. The number of rotatable bonds is 10. The van der Waals surface area contributed by atoms with E-state index in [9.17, 15) is 5.11 Å². The van der Waals surface area contributed by atoms with Gasteiger partial charge in [-0.1, -0.05) is 42.5 Å². The molecule has 0 heterocycles. The van der Waals surface area contributed by atoms with Gasteiger partial charge >= 0.3 is 0 Å². The molecule has 28 heavy (non-hydrogen) atoms. The molecule has 2 aromatic carbocycles. The lowest BCUT2D eigenvalue weighted by molar-refractivity contribution is 0.0646. The van der Waals surface area contributed by atoms with Gasteiger partial charge in [0.2, 0.25) is 0 Å². The molecule has 0 radical (unpaired) electrons. The molecule has 0 spiro atoms. The second-order valence-electron chi connectivity index (χ2n) is 6.37. The van der Waals surface area contributed by atoms with Gasteiger partial charge in [0.1, 0.15) is 0 Å². The summed E-state index contributed by atoms with van der Waals surface area (Å²) < 4.78 is 11.0. The first-order valence-corrected chi connectivity index (χ1v) is 9.69. The Balaban J connectivity index is 1.78. The van der Waals surface area contributed by atoms with E-state index in [1.165, 1.54) is 12.7 Å². The molecule has 2 aromatic rings. The summed E-state index contributed by atoms with van der Waals surface area (Å²) in [6, 6.07) is 15.6. The maximum Gasteiger partial charge on any atom is 0.191 e. The van der Waals surface area contributed by atoms with Crippen molar-refractivity contribution in [3.05, 3.63) is 59.7 Å². The van der Waals surface area contributed by atoms with Crippen LogP contribution in [0.25, 0.3) is 0 Å². The molecule has 0 saturated heterocycles. The normalized spacial score (nSPS) is 12.5. The van der Waals surface area contributed by atoms with E-state index < -0.39 is 0 Å². The van der Waals surface area contributed by atoms with Gasteiger partial charge in [0.05, 0.1) is 19.8 Å². The van der Waals surface area contributed by atoms with E-state index in [0.717, 1.165) is 25.1 Å². The molecule has 1 atom stereocenters. The molecular weight excluding hydrogens is 354 g/mol. The molecule has 152 valence electrons. The molecule has 3 N–H and O–H groups in total. The van der Waals surface area contributed by atoms with Gasteiger partial charge < -0.3 is 25.2 Å². The topological polar surface area (TPSA) is 75.1 Å². The predicted octanol–water partition coefficient (Wildman–Crippen LogP) is 3.62. The molecule has 0 aliphatic heterocycles. The second kappa shape index (κ2) is 11.9. The third-order valence-electron chi connectivity index (χ3n) is 4.30. The second-order valence-corrected chi connectivity index (χ2v) is 6.37. The third-order valence-corrected chi connectivity index (χ3v) is 4.30. The predicted molar refractivity (Wildman–Crippen MR) is 113 cm³/mol. The van der Waals surface area contributed by atoms with Crippen LogP contribution in [0.1, 0.15) is 37.5 Å². The molecular formula is C22H31N3O3. The number of phenols is 1. The number of hydrogen-bond acceptors (Lipinski definition) is 4. The van der Waals surface area contributed by atoms with Gasteiger partial charge in [0, 0.05) is 25.3 Å². The van der Waals surface area contributed by atoms with Gasteiger partial charge in [-0.25, -0.2) is 4.99 Å². The van der Waals surface area contributed by atoms with Gasteiger partial charge in [-0.15, -0.1) is 0 Å². The molecule has 0 fully saturated rings. The highest BCUT2D eigenvalue weighted by atomic mass is 16.5. The number of para-hydroxylation sites is 1. The van der Waals surface area contributed by atoms with E-state index in [4.69, 9.17) is 9.47 Å². The molecule has 0 aliphatic rings. The number of guanidine groups is 1. The Labute approximate surface area is 167 Å². The number of benzene rings is 2. The number of phenolic OH excluding ortho intramolecular Hbond substituents is 1. The van der Waals surface area contributed by atoms with Crippen molar-refractivity contribution in [1.82, 2.24) is 10.6 Å². The molecule has 0 saturated carbocycles. The van der Waals surface area contributed by atoms with E-state index >= 15 is 0 Å². The maximum absolute atomic E-state index is 10.2. The number of nitrogens with one attached hydrogen (secondary N) is 2. The van der Waals surface area contributed by atoms with Crippen LogP contribution in [-0.4, -0.2) is 37.9 Å². The van der Waals surface area contributed by atoms with Crippen molar-refractivity contribution in [3.8, 4) is 11.5 Å². The summed E-state index contributed by atoms with van der Waals surface area (Å²) in [4.78, 5) is 4.54. The first kappa shape index (κ1) is 21.6. The maximum atomic E-state index is 10.2. The fraction of sp³-hybridized carbons (Fsp3) is 0.409. The minimum absolute atomic E-state index is 0.0825. The monoisotopic (exact) mass is 385 g/mol. The van der Waals surface area contributed by atoms with Gasteiger partial charge in [-0.05, 0) is 31.9 Å². The zero-order chi connectivity index (χ0) is 20.2. The Bertz CT molecular complexity index is 735. The third kappa shape index (κ3) is 6.78. The minimum Gasteiger partial charge on any atom is -0.504 e. The molecule has 6 nitrogen and oxygen atoms in total. The van der Waals surface area contributed by atoms with Crippen LogP contribution in [0, 0.1) is 0 Å². The van der Waals surface area contributed by atoms with Crippen molar-refractivity contribution in [2.75, 3.05) is 26.8 Å². The lowest BCUT2D eigenvalue weighted by atomic mass is 10.1. The van der Waals surface area contributed by atoms with E-state index in [0.29, 0.717) is 24.9 Å². The summed E-state index contributed by atoms with van der Waals surface area (Å²) >= 11 is 0. The number of aromatic hydroxyl groups is 1. The number of nitrogens with zero attached hydrogens (tertiary/aromatic N) is 1. The van der Waals surface area contributed by atoms with Crippen LogP contribution < -0.4 is 15.4 Å². The average molecular weight is 386 g/mol. The van der Waals surface area contributed by atoms with Crippen LogP contribution >= 0.6 is 0 Å². The summed E-state index contributed by atoms with van der Waals surface area (Å²) in [7, 11) is 1.54. The largest absolute Gasteiger partial charge is 0.504 e. The van der Waals surface area contributed by atoms with Crippen molar-refractivity contribution in [1.29, 1.82) is 0 Å². The molecule has 0 amide bonds. The first-order chi connectivity index (χ1) is 13.7. The number of hydrogen-bond donors (Lipinski definition) is 3. The molecule has 0 aromatic heterocycles. The fourth-order valence-corrected chi connectivity index (χ4v) is 2.73. The summed E-state index contributed by atoms with van der Waals surface area (Å²) in [5.41, 5.74) is 1.90. The number of ether oxygens (including phenoxy) is 2. The minimum atomic E-state index is 0.0825. The van der Waals surface area contributed by atoms with Crippen LogP contribution in [0.15, 0.2) is 53.5 Å². The molecule has 0 bridgehead atoms.